The van der Waals surface area contributed by atoms with Gasteiger partial charge >= 0.3 is 18.9 Å². The predicted octanol–water partition coefficient (Wildman–Crippen LogP) is -2.73. The van der Waals surface area contributed by atoms with E-state index in [1.807, 2.05) is 0 Å². The topological polar surface area (TPSA) is 45.1 Å². The van der Waals surface area contributed by atoms with Gasteiger partial charge in [-0.25, -0.2) is 0 Å². The summed E-state index contributed by atoms with van der Waals surface area (Å²) in [7, 11) is 1.69. The maximum Gasteiger partial charge on any atom is 1.00 e. The van der Waals surface area contributed by atoms with Crippen LogP contribution in [0.3, 0.4) is 0 Å². The largest absolute Gasteiger partial charge is 1.00 e. The van der Waals surface area contributed by atoms with Crippen molar-refractivity contribution in [1.29, 1.82) is 0 Å². The molecule has 0 amide bonds. The van der Waals surface area contributed by atoms with Crippen LogP contribution in [-0.4, -0.2) is 13.3 Å². The van der Waals surface area contributed by atoms with Gasteiger partial charge in [0.05, 0.1) is 5.03 Å². The Hall–Kier alpha value is -0.0126. The Labute approximate surface area is 73.9 Å². The molecule has 1 rings (SSSR count). The molecule has 0 radical (unpaired) electrons. The van der Waals surface area contributed by atoms with Crippen molar-refractivity contribution >= 4 is 11.1 Å². The van der Waals surface area contributed by atoms with E-state index < -0.39 is 11.1 Å². The van der Waals surface area contributed by atoms with Crippen molar-refractivity contribution in [2.75, 3.05) is 0 Å². The van der Waals surface area contributed by atoms with Gasteiger partial charge in [-0.05, 0) is 23.2 Å². The molecule has 0 fully saturated rings. The monoisotopic (exact) mass is 151 g/mol. The van der Waals surface area contributed by atoms with Crippen LogP contribution in [0.15, 0.2) is 23.4 Å². The van der Waals surface area contributed by atoms with Gasteiger partial charge < -0.3 is 9.12 Å². The second-order valence-electron chi connectivity index (χ2n) is 1.69. The summed E-state index contributed by atoms with van der Waals surface area (Å²) in [5.41, 5.74) is 0. The Morgan fingerprint density at radius 3 is 2.50 bits per heavy atom. The van der Waals surface area contributed by atoms with Crippen LogP contribution < -0.4 is 18.9 Å². The summed E-state index contributed by atoms with van der Waals surface area (Å²) in [5.74, 6) is 0. The fourth-order valence-corrected chi connectivity index (χ4v) is 1.10. The van der Waals surface area contributed by atoms with Crippen LogP contribution >= 0.6 is 0 Å². The fourth-order valence-electron chi connectivity index (χ4n) is 0.619. The molecular formula is C5H6LiNO2S. The first-order chi connectivity index (χ1) is 4.22. The van der Waals surface area contributed by atoms with E-state index >= 15 is 0 Å². The Morgan fingerprint density at radius 1 is 1.70 bits per heavy atom. The molecule has 1 heterocycles. The van der Waals surface area contributed by atoms with Crippen molar-refractivity contribution in [1.82, 2.24) is 4.57 Å². The second kappa shape index (κ2) is 3.99. The third kappa shape index (κ3) is 1.99. The molecule has 0 saturated carbocycles. The first-order valence-electron chi connectivity index (χ1n) is 2.42. The normalized spacial score (nSPS) is 12.2. The van der Waals surface area contributed by atoms with Crippen LogP contribution in [0.4, 0.5) is 0 Å². The predicted molar refractivity (Wildman–Crippen MR) is 32.6 cm³/mol. The van der Waals surface area contributed by atoms with Crippen molar-refractivity contribution in [3.63, 3.8) is 0 Å². The van der Waals surface area contributed by atoms with E-state index in [1.165, 1.54) is 0 Å². The molecule has 0 aliphatic rings. The van der Waals surface area contributed by atoms with Crippen LogP contribution in [0.25, 0.3) is 0 Å². The summed E-state index contributed by atoms with van der Waals surface area (Å²) in [6.45, 7) is 0. The van der Waals surface area contributed by atoms with E-state index in [4.69, 9.17) is 0 Å². The Morgan fingerprint density at radius 2 is 2.30 bits per heavy atom. The van der Waals surface area contributed by atoms with Crippen molar-refractivity contribution < 1.29 is 27.6 Å². The standard InChI is InChI=1S/C5H7NO2S.Li/c1-6-4-2-3-5(6)9(7)8;/h2-4H,1H3,(H,7,8);/q;+1/p-1. The third-order valence-electron chi connectivity index (χ3n) is 1.07. The minimum atomic E-state index is -2.10. The van der Waals surface area contributed by atoms with Gasteiger partial charge in [-0.3, -0.25) is 4.21 Å². The minimum Gasteiger partial charge on any atom is -0.767 e. The molecule has 3 nitrogen and oxygen atoms in total. The van der Waals surface area contributed by atoms with Gasteiger partial charge in [-0.1, -0.05) is 0 Å². The molecule has 1 atom stereocenters. The van der Waals surface area contributed by atoms with Gasteiger partial charge in [0, 0.05) is 13.2 Å². The zero-order chi connectivity index (χ0) is 6.85. The zero-order valence-electron chi connectivity index (χ0n) is 5.90. The molecule has 50 valence electrons. The summed E-state index contributed by atoms with van der Waals surface area (Å²) in [6, 6.07) is 3.23. The fraction of sp³-hybridized carbons (Fsp3) is 0.200. The molecular weight excluding hydrogens is 145 g/mol. The zero-order valence-corrected chi connectivity index (χ0v) is 6.72. The molecule has 0 aliphatic heterocycles. The molecule has 10 heavy (non-hydrogen) atoms. The van der Waals surface area contributed by atoms with E-state index in [1.54, 1.807) is 29.9 Å². The van der Waals surface area contributed by atoms with Crippen LogP contribution in [0.2, 0.25) is 0 Å². The smallest absolute Gasteiger partial charge is 0.767 e. The number of aryl methyl sites for hydroxylation is 1. The molecule has 5 heteroatoms. The van der Waals surface area contributed by atoms with E-state index in [-0.39, 0.29) is 18.9 Å². The van der Waals surface area contributed by atoms with E-state index in [0.29, 0.717) is 5.03 Å². The summed E-state index contributed by atoms with van der Waals surface area (Å²) < 4.78 is 22.1. The first-order valence-corrected chi connectivity index (χ1v) is 3.50. The van der Waals surface area contributed by atoms with Crippen molar-refractivity contribution in [2.45, 2.75) is 5.03 Å². The number of aromatic nitrogens is 1. The molecule has 1 unspecified atom stereocenters. The van der Waals surface area contributed by atoms with Gasteiger partial charge in [0.1, 0.15) is 0 Å². The van der Waals surface area contributed by atoms with E-state index in [9.17, 15) is 8.76 Å². The Bertz CT molecular complexity index is 235. The SMILES string of the molecule is Cn1cccc1S(=O)[O-].[Li+]. The molecule has 0 spiro atoms. The third-order valence-corrected chi connectivity index (χ3v) is 1.83. The van der Waals surface area contributed by atoms with Crippen LogP contribution in [0.1, 0.15) is 0 Å². The second-order valence-corrected chi connectivity index (χ2v) is 2.58. The maximum absolute atomic E-state index is 10.3. The summed E-state index contributed by atoms with van der Waals surface area (Å²) in [6.07, 6.45) is 1.69. The molecule has 0 saturated heterocycles. The number of nitrogens with zero attached hydrogens (tertiary/aromatic N) is 1. The first kappa shape index (κ1) is 9.99. The van der Waals surface area contributed by atoms with Crippen molar-refractivity contribution in [3.05, 3.63) is 18.3 Å². The van der Waals surface area contributed by atoms with Crippen molar-refractivity contribution in [3.8, 4) is 0 Å². The van der Waals surface area contributed by atoms with Gasteiger partial charge in [-0.15, -0.1) is 0 Å². The molecule has 0 bridgehead atoms. The minimum absolute atomic E-state index is 0. The van der Waals surface area contributed by atoms with Crippen LogP contribution in [-0.2, 0) is 18.1 Å². The maximum atomic E-state index is 10.3. The van der Waals surface area contributed by atoms with Gasteiger partial charge in [0.25, 0.3) is 0 Å². The van der Waals surface area contributed by atoms with Crippen molar-refractivity contribution in [2.24, 2.45) is 7.05 Å². The van der Waals surface area contributed by atoms with Crippen LogP contribution in [0.5, 0.6) is 0 Å². The quantitative estimate of drug-likeness (QED) is 0.323. The Kier molecular flexibility index (Phi) is 3.99. The van der Waals surface area contributed by atoms with Gasteiger partial charge in [0.2, 0.25) is 0 Å². The van der Waals surface area contributed by atoms with Crippen LogP contribution in [0, 0.1) is 0 Å². The van der Waals surface area contributed by atoms with Gasteiger partial charge in [0.15, 0.2) is 0 Å². The van der Waals surface area contributed by atoms with Gasteiger partial charge in [-0.2, -0.15) is 0 Å². The van der Waals surface area contributed by atoms with E-state index in [0.717, 1.165) is 0 Å². The average molecular weight is 151 g/mol. The molecule has 1 aromatic rings. The molecule has 0 N–H and O–H groups in total. The Balaban J connectivity index is 0.000000810. The molecule has 1 aromatic heterocycles. The summed E-state index contributed by atoms with van der Waals surface area (Å²) in [5, 5.41) is 0.315. The number of rotatable bonds is 1. The molecule has 0 aromatic carbocycles. The summed E-state index contributed by atoms with van der Waals surface area (Å²) in [4.78, 5) is 0. The van der Waals surface area contributed by atoms with E-state index in [2.05, 4.69) is 0 Å². The number of hydrogen-bond donors (Lipinski definition) is 0. The molecule has 0 aliphatic carbocycles. The average Bonchev–Trinajstić information content (AvgIpc) is 2.13. The summed E-state index contributed by atoms with van der Waals surface area (Å²) >= 11 is -2.10. The number of hydrogen-bond acceptors (Lipinski definition) is 2.